The van der Waals surface area contributed by atoms with Gasteiger partial charge in [-0.05, 0) is 25.1 Å². The van der Waals surface area contributed by atoms with Crippen LogP contribution in [0.3, 0.4) is 0 Å². The van der Waals surface area contributed by atoms with Gasteiger partial charge in [0.1, 0.15) is 28.8 Å². The first-order valence-corrected chi connectivity index (χ1v) is 6.25. The largest absolute Gasteiger partial charge is 0.496 e. The van der Waals surface area contributed by atoms with E-state index in [2.05, 4.69) is 0 Å². The lowest BCUT2D eigenvalue weighted by atomic mass is 10.1. The number of halogens is 1. The van der Waals surface area contributed by atoms with Crippen LogP contribution >= 0.6 is 0 Å². The lowest BCUT2D eigenvalue weighted by molar-refractivity contribution is 0.101. The maximum Gasteiger partial charge on any atom is 0.163 e. The third kappa shape index (κ3) is 3.51. The standard InChI is InChI=1S/C16H15FO4/c1-10(18)15-6-11(17)4-5-16(15)21-14-8-12(19-2)7-13(9-14)20-3/h4-9H,1-3H3. The zero-order chi connectivity index (χ0) is 15.4. The number of hydrogen-bond acceptors (Lipinski definition) is 4. The maximum absolute atomic E-state index is 13.2. The SMILES string of the molecule is COc1cc(OC)cc(Oc2ccc(F)cc2C(C)=O)c1. The van der Waals surface area contributed by atoms with E-state index >= 15 is 0 Å². The van der Waals surface area contributed by atoms with Crippen molar-refractivity contribution in [1.82, 2.24) is 0 Å². The molecule has 0 spiro atoms. The Kier molecular flexibility index (Phi) is 4.42. The Morgan fingerprint density at radius 2 is 1.52 bits per heavy atom. The molecule has 0 N–H and O–H groups in total. The van der Waals surface area contributed by atoms with Crippen LogP contribution in [0.25, 0.3) is 0 Å². The highest BCUT2D eigenvalue weighted by Gasteiger charge is 2.12. The Morgan fingerprint density at radius 3 is 2.05 bits per heavy atom. The van der Waals surface area contributed by atoms with Gasteiger partial charge >= 0.3 is 0 Å². The molecule has 0 amide bonds. The quantitative estimate of drug-likeness (QED) is 0.785. The minimum atomic E-state index is -0.490. The number of ketones is 1. The average molecular weight is 290 g/mol. The van der Waals surface area contributed by atoms with E-state index in [1.54, 1.807) is 18.2 Å². The van der Waals surface area contributed by atoms with Crippen LogP contribution in [0.15, 0.2) is 36.4 Å². The zero-order valence-corrected chi connectivity index (χ0v) is 12.0. The van der Waals surface area contributed by atoms with Crippen molar-refractivity contribution in [3.63, 3.8) is 0 Å². The van der Waals surface area contributed by atoms with Gasteiger partial charge in [0.25, 0.3) is 0 Å². The fourth-order valence-corrected chi connectivity index (χ4v) is 1.83. The van der Waals surface area contributed by atoms with E-state index < -0.39 is 5.82 Å². The van der Waals surface area contributed by atoms with Crippen LogP contribution in [0.2, 0.25) is 0 Å². The van der Waals surface area contributed by atoms with Crippen LogP contribution in [0, 0.1) is 5.82 Å². The average Bonchev–Trinajstić information content (AvgIpc) is 2.48. The number of carbonyl (C=O) groups is 1. The molecule has 0 aliphatic heterocycles. The third-order valence-electron chi connectivity index (χ3n) is 2.87. The number of methoxy groups -OCH3 is 2. The van der Waals surface area contributed by atoms with Crippen LogP contribution < -0.4 is 14.2 Å². The van der Waals surface area contributed by atoms with Crippen molar-refractivity contribution in [2.24, 2.45) is 0 Å². The molecule has 0 radical (unpaired) electrons. The number of rotatable bonds is 5. The summed E-state index contributed by atoms with van der Waals surface area (Å²) in [4.78, 5) is 11.6. The molecule has 0 saturated heterocycles. The van der Waals surface area contributed by atoms with Crippen molar-refractivity contribution in [3.8, 4) is 23.0 Å². The molecule has 2 rings (SSSR count). The summed E-state index contributed by atoms with van der Waals surface area (Å²) < 4.78 is 29.2. The molecule has 2 aromatic carbocycles. The predicted octanol–water partition coefficient (Wildman–Crippen LogP) is 3.84. The molecule has 110 valence electrons. The molecule has 0 heterocycles. The number of Topliss-reactive ketones (excluding diaryl/α,β-unsaturated/α-hetero) is 1. The van der Waals surface area contributed by atoms with Crippen molar-refractivity contribution in [2.75, 3.05) is 14.2 Å². The minimum absolute atomic E-state index is 0.178. The van der Waals surface area contributed by atoms with E-state index in [1.807, 2.05) is 0 Å². The molecule has 0 aliphatic carbocycles. The van der Waals surface area contributed by atoms with Gasteiger partial charge in [0.05, 0.1) is 19.8 Å². The van der Waals surface area contributed by atoms with E-state index in [0.717, 1.165) is 6.07 Å². The van der Waals surface area contributed by atoms with Crippen LogP contribution in [-0.2, 0) is 0 Å². The van der Waals surface area contributed by atoms with Gasteiger partial charge in [-0.15, -0.1) is 0 Å². The summed E-state index contributed by atoms with van der Waals surface area (Å²) >= 11 is 0. The smallest absolute Gasteiger partial charge is 0.163 e. The number of hydrogen-bond donors (Lipinski definition) is 0. The Balaban J connectivity index is 2.40. The van der Waals surface area contributed by atoms with E-state index in [-0.39, 0.29) is 17.1 Å². The summed E-state index contributed by atoms with van der Waals surface area (Å²) in [5.74, 6) is 1.04. The lowest BCUT2D eigenvalue weighted by Crippen LogP contribution is -1.98. The Bertz CT molecular complexity index is 645. The van der Waals surface area contributed by atoms with E-state index in [9.17, 15) is 9.18 Å². The monoisotopic (exact) mass is 290 g/mol. The second kappa shape index (κ2) is 6.26. The van der Waals surface area contributed by atoms with Gasteiger partial charge in [0.2, 0.25) is 0 Å². The second-order valence-electron chi connectivity index (χ2n) is 4.35. The fourth-order valence-electron chi connectivity index (χ4n) is 1.83. The van der Waals surface area contributed by atoms with Gasteiger partial charge in [-0.2, -0.15) is 0 Å². The Labute approximate surface area is 122 Å². The first-order valence-electron chi connectivity index (χ1n) is 6.25. The molecule has 0 aliphatic rings. The lowest BCUT2D eigenvalue weighted by Gasteiger charge is -2.12. The molecule has 4 nitrogen and oxygen atoms in total. The van der Waals surface area contributed by atoms with E-state index in [4.69, 9.17) is 14.2 Å². The summed E-state index contributed by atoms with van der Waals surface area (Å²) in [6.07, 6.45) is 0. The molecular formula is C16H15FO4. The highest BCUT2D eigenvalue weighted by molar-refractivity contribution is 5.96. The molecule has 0 bridgehead atoms. The highest BCUT2D eigenvalue weighted by atomic mass is 19.1. The molecule has 2 aromatic rings. The van der Waals surface area contributed by atoms with Gasteiger partial charge in [-0.1, -0.05) is 0 Å². The summed E-state index contributed by atoms with van der Waals surface area (Å²) in [6, 6.07) is 8.79. The number of carbonyl (C=O) groups excluding carboxylic acids is 1. The van der Waals surface area contributed by atoms with Gasteiger partial charge in [0.15, 0.2) is 5.78 Å². The van der Waals surface area contributed by atoms with Crippen LogP contribution in [0.4, 0.5) is 4.39 Å². The highest BCUT2D eigenvalue weighted by Crippen LogP contribution is 2.32. The van der Waals surface area contributed by atoms with Crippen LogP contribution in [0.5, 0.6) is 23.0 Å². The van der Waals surface area contributed by atoms with Crippen molar-refractivity contribution in [1.29, 1.82) is 0 Å². The van der Waals surface area contributed by atoms with Gasteiger partial charge < -0.3 is 14.2 Å². The molecule has 0 fully saturated rings. The fraction of sp³-hybridized carbons (Fsp3) is 0.188. The normalized spacial score (nSPS) is 10.1. The Morgan fingerprint density at radius 1 is 0.952 bits per heavy atom. The molecule has 21 heavy (non-hydrogen) atoms. The first kappa shape index (κ1) is 14.8. The summed E-state index contributed by atoms with van der Waals surface area (Å²) in [5.41, 5.74) is 0.178. The molecule has 0 atom stereocenters. The molecule has 0 unspecified atom stereocenters. The summed E-state index contributed by atoms with van der Waals surface area (Å²) in [5, 5.41) is 0. The van der Waals surface area contributed by atoms with Crippen molar-refractivity contribution < 1.29 is 23.4 Å². The Hall–Kier alpha value is -2.56. The maximum atomic E-state index is 13.2. The summed E-state index contributed by atoms with van der Waals surface area (Å²) in [6.45, 7) is 1.35. The molecule has 0 saturated carbocycles. The molecule has 0 aromatic heterocycles. The van der Waals surface area contributed by atoms with Gasteiger partial charge in [-0.3, -0.25) is 4.79 Å². The number of benzene rings is 2. The summed E-state index contributed by atoms with van der Waals surface area (Å²) in [7, 11) is 3.05. The second-order valence-corrected chi connectivity index (χ2v) is 4.35. The predicted molar refractivity (Wildman–Crippen MR) is 76.0 cm³/mol. The van der Waals surface area contributed by atoms with Crippen molar-refractivity contribution in [3.05, 3.63) is 47.8 Å². The number of ether oxygens (including phenoxy) is 3. The third-order valence-corrected chi connectivity index (χ3v) is 2.87. The topological polar surface area (TPSA) is 44.8 Å². The van der Waals surface area contributed by atoms with Gasteiger partial charge in [0, 0.05) is 18.2 Å². The van der Waals surface area contributed by atoms with E-state index in [0.29, 0.717) is 17.2 Å². The molecular weight excluding hydrogens is 275 g/mol. The molecule has 5 heteroatoms. The van der Waals surface area contributed by atoms with Gasteiger partial charge in [-0.25, -0.2) is 4.39 Å². The van der Waals surface area contributed by atoms with Crippen molar-refractivity contribution in [2.45, 2.75) is 6.92 Å². The first-order chi connectivity index (χ1) is 10.0. The van der Waals surface area contributed by atoms with Crippen LogP contribution in [0.1, 0.15) is 17.3 Å². The zero-order valence-electron chi connectivity index (χ0n) is 12.0. The minimum Gasteiger partial charge on any atom is -0.496 e. The van der Waals surface area contributed by atoms with Crippen LogP contribution in [-0.4, -0.2) is 20.0 Å². The van der Waals surface area contributed by atoms with E-state index in [1.165, 1.54) is 33.3 Å². The van der Waals surface area contributed by atoms with Crippen molar-refractivity contribution >= 4 is 5.78 Å².